The second-order valence-electron chi connectivity index (χ2n) is 4.00. The molecule has 0 bridgehead atoms. The third-order valence-electron chi connectivity index (χ3n) is 2.55. The second-order valence-corrected chi connectivity index (χ2v) is 6.68. The van der Waals surface area contributed by atoms with Gasteiger partial charge in [0.2, 0.25) is 0 Å². The Labute approximate surface area is 128 Å². The highest BCUT2D eigenvalue weighted by Crippen LogP contribution is 2.32. The first-order valence-electron chi connectivity index (χ1n) is 5.72. The molecular weight excluding hydrogens is 346 g/mol. The van der Waals surface area contributed by atoms with Gasteiger partial charge in [-0.3, -0.25) is 4.79 Å². The summed E-state index contributed by atoms with van der Waals surface area (Å²) < 4.78 is 1.04. The van der Waals surface area contributed by atoms with Gasteiger partial charge < -0.3 is 10.2 Å². The minimum Gasteiger partial charge on any atom is -0.339 e. The maximum atomic E-state index is 12.1. The average molecular weight is 360 g/mol. The molecule has 0 atom stereocenters. The number of amides is 1. The minimum absolute atomic E-state index is 0.0339. The Kier molecular flexibility index (Phi) is 5.09. The van der Waals surface area contributed by atoms with Gasteiger partial charge in [-0.25, -0.2) is 4.98 Å². The van der Waals surface area contributed by atoms with E-state index < -0.39 is 0 Å². The normalized spacial score (nSPS) is 10.7. The average Bonchev–Trinajstić information content (AvgIpc) is 3.03. The zero-order valence-corrected chi connectivity index (χ0v) is 13.9. The van der Waals surface area contributed by atoms with E-state index in [-0.39, 0.29) is 5.91 Å². The van der Waals surface area contributed by atoms with Crippen LogP contribution in [0.5, 0.6) is 0 Å². The lowest BCUT2D eigenvalue weighted by Gasteiger charge is -2.15. The zero-order valence-electron chi connectivity index (χ0n) is 10.6. The van der Waals surface area contributed by atoms with Crippen LogP contribution in [-0.4, -0.2) is 43.0 Å². The molecule has 1 amide bonds. The number of hydrogen-bond donors (Lipinski definition) is 1. The van der Waals surface area contributed by atoms with Crippen molar-refractivity contribution in [1.82, 2.24) is 15.2 Å². The lowest BCUT2D eigenvalue weighted by molar-refractivity contribution is 0.0792. The van der Waals surface area contributed by atoms with Crippen molar-refractivity contribution in [2.24, 2.45) is 0 Å². The zero-order chi connectivity index (χ0) is 13.8. The molecule has 102 valence electrons. The van der Waals surface area contributed by atoms with E-state index >= 15 is 0 Å². The number of nitrogens with one attached hydrogen (secondary N) is 1. The lowest BCUT2D eigenvalue weighted by atomic mass is 10.4. The molecule has 0 fully saturated rings. The molecule has 0 radical (unpaired) electrons. The summed E-state index contributed by atoms with van der Waals surface area (Å²) in [5, 5.41) is 7.75. The van der Waals surface area contributed by atoms with E-state index in [9.17, 15) is 4.79 Å². The second kappa shape index (κ2) is 6.60. The highest BCUT2D eigenvalue weighted by molar-refractivity contribution is 9.10. The summed E-state index contributed by atoms with van der Waals surface area (Å²) in [4.78, 5) is 19.3. The van der Waals surface area contributed by atoms with Crippen LogP contribution in [-0.2, 0) is 0 Å². The maximum absolute atomic E-state index is 12.1. The Hall–Kier alpha value is -0.760. The first kappa shape index (κ1) is 14.6. The van der Waals surface area contributed by atoms with Gasteiger partial charge in [0.15, 0.2) is 0 Å². The highest BCUT2D eigenvalue weighted by atomic mass is 79.9. The number of thiazole rings is 1. The Morgan fingerprint density at radius 1 is 1.47 bits per heavy atom. The fraction of sp³-hybridized carbons (Fsp3) is 0.333. The molecule has 2 aromatic heterocycles. The van der Waals surface area contributed by atoms with Crippen LogP contribution < -0.4 is 5.32 Å². The van der Waals surface area contributed by atoms with E-state index in [1.165, 1.54) is 11.3 Å². The largest absolute Gasteiger partial charge is 0.339 e. The highest BCUT2D eigenvalue weighted by Gasteiger charge is 2.16. The number of likely N-dealkylation sites (N-methyl/N-ethyl adjacent to an activating group) is 2. The van der Waals surface area contributed by atoms with E-state index in [1.807, 2.05) is 23.9 Å². The molecule has 2 rings (SSSR count). The third-order valence-corrected chi connectivity index (χ3v) is 5.25. The summed E-state index contributed by atoms with van der Waals surface area (Å²) in [6.07, 6.45) is 0. The molecular formula is C12H14BrN3OS2. The van der Waals surface area contributed by atoms with Crippen molar-refractivity contribution in [3.05, 3.63) is 27.0 Å². The lowest BCUT2D eigenvalue weighted by Crippen LogP contribution is -2.32. The first-order chi connectivity index (χ1) is 9.11. The Morgan fingerprint density at radius 2 is 2.26 bits per heavy atom. The van der Waals surface area contributed by atoms with Gasteiger partial charge in [-0.2, -0.15) is 0 Å². The summed E-state index contributed by atoms with van der Waals surface area (Å²) in [5.74, 6) is -0.0339. The summed E-state index contributed by atoms with van der Waals surface area (Å²) in [6, 6.07) is 2.02. The molecule has 0 saturated carbocycles. The van der Waals surface area contributed by atoms with Gasteiger partial charge in [0.25, 0.3) is 5.91 Å². The van der Waals surface area contributed by atoms with Gasteiger partial charge in [0.05, 0.1) is 4.88 Å². The Morgan fingerprint density at radius 3 is 2.89 bits per heavy atom. The number of rotatable bonds is 5. The van der Waals surface area contributed by atoms with Gasteiger partial charge in [-0.1, -0.05) is 0 Å². The van der Waals surface area contributed by atoms with Crippen LogP contribution in [0.3, 0.4) is 0 Å². The summed E-state index contributed by atoms with van der Waals surface area (Å²) in [7, 11) is 3.66. The molecule has 7 heteroatoms. The van der Waals surface area contributed by atoms with Crippen LogP contribution >= 0.6 is 38.6 Å². The van der Waals surface area contributed by atoms with E-state index in [4.69, 9.17) is 0 Å². The number of thiophene rings is 1. The summed E-state index contributed by atoms with van der Waals surface area (Å²) in [6.45, 7) is 1.45. The molecule has 1 N–H and O–H groups in total. The van der Waals surface area contributed by atoms with Crippen molar-refractivity contribution >= 4 is 44.5 Å². The van der Waals surface area contributed by atoms with Crippen molar-refractivity contribution in [2.75, 3.05) is 27.2 Å². The van der Waals surface area contributed by atoms with Gasteiger partial charge in [0.1, 0.15) is 10.7 Å². The molecule has 0 aromatic carbocycles. The van der Waals surface area contributed by atoms with Crippen molar-refractivity contribution in [3.8, 4) is 9.88 Å². The van der Waals surface area contributed by atoms with Crippen molar-refractivity contribution in [2.45, 2.75) is 0 Å². The molecule has 2 heterocycles. The van der Waals surface area contributed by atoms with E-state index in [0.29, 0.717) is 12.2 Å². The van der Waals surface area contributed by atoms with E-state index in [2.05, 4.69) is 26.2 Å². The smallest absolute Gasteiger partial charge is 0.273 e. The molecule has 0 aliphatic rings. The van der Waals surface area contributed by atoms with Crippen LogP contribution in [0.15, 0.2) is 21.3 Å². The third kappa shape index (κ3) is 3.62. The first-order valence-corrected chi connectivity index (χ1v) is 8.27. The fourth-order valence-corrected chi connectivity index (χ4v) is 3.79. The number of nitrogens with zero attached hydrogens (tertiary/aromatic N) is 2. The van der Waals surface area contributed by atoms with E-state index in [1.54, 1.807) is 23.3 Å². The van der Waals surface area contributed by atoms with Crippen LogP contribution in [0.2, 0.25) is 0 Å². The standard InChI is InChI=1S/C12H14BrN3OS2/c1-14-3-4-16(2)12(17)9-7-19-11(15-9)10-5-8(13)6-18-10/h5-7,14H,3-4H2,1-2H3. The number of hydrogen-bond acceptors (Lipinski definition) is 5. The number of carbonyl (C=O) groups is 1. The Bertz CT molecular complexity index is 567. The van der Waals surface area contributed by atoms with Gasteiger partial charge in [-0.05, 0) is 29.0 Å². The van der Waals surface area contributed by atoms with E-state index in [0.717, 1.165) is 20.9 Å². The van der Waals surface area contributed by atoms with Crippen molar-refractivity contribution < 1.29 is 4.79 Å². The molecule has 2 aromatic rings. The predicted octanol–water partition coefficient (Wildman–Crippen LogP) is 2.93. The van der Waals surface area contributed by atoms with Crippen LogP contribution in [0.25, 0.3) is 9.88 Å². The van der Waals surface area contributed by atoms with Crippen LogP contribution in [0, 0.1) is 0 Å². The molecule has 19 heavy (non-hydrogen) atoms. The topological polar surface area (TPSA) is 45.2 Å². The monoisotopic (exact) mass is 359 g/mol. The van der Waals surface area contributed by atoms with Crippen molar-refractivity contribution in [1.29, 1.82) is 0 Å². The van der Waals surface area contributed by atoms with Crippen molar-refractivity contribution in [3.63, 3.8) is 0 Å². The minimum atomic E-state index is -0.0339. The summed E-state index contributed by atoms with van der Waals surface area (Å²) in [5.41, 5.74) is 0.517. The van der Waals surface area contributed by atoms with Crippen LogP contribution in [0.1, 0.15) is 10.5 Å². The molecule has 0 saturated heterocycles. The molecule has 0 spiro atoms. The molecule has 0 unspecified atom stereocenters. The maximum Gasteiger partial charge on any atom is 0.273 e. The Balaban J connectivity index is 2.10. The quantitative estimate of drug-likeness (QED) is 0.892. The number of aromatic nitrogens is 1. The van der Waals surface area contributed by atoms with Gasteiger partial charge in [0, 0.05) is 35.4 Å². The molecule has 4 nitrogen and oxygen atoms in total. The fourth-order valence-electron chi connectivity index (χ4n) is 1.49. The number of carbonyl (C=O) groups excluding carboxylic acids is 1. The molecule has 0 aliphatic heterocycles. The molecule has 0 aliphatic carbocycles. The summed E-state index contributed by atoms with van der Waals surface area (Å²) >= 11 is 6.54. The van der Waals surface area contributed by atoms with Gasteiger partial charge in [-0.15, -0.1) is 22.7 Å². The number of halogens is 1. The van der Waals surface area contributed by atoms with Gasteiger partial charge >= 0.3 is 0 Å². The van der Waals surface area contributed by atoms with Crippen LogP contribution in [0.4, 0.5) is 0 Å². The SMILES string of the molecule is CNCCN(C)C(=O)c1csc(-c2cc(Br)cs2)n1. The predicted molar refractivity (Wildman–Crippen MR) is 84.0 cm³/mol.